The molecule has 1 aromatic rings. The van der Waals surface area contributed by atoms with E-state index in [-0.39, 0.29) is 0 Å². The lowest BCUT2D eigenvalue weighted by Gasteiger charge is -2.22. The Kier molecular flexibility index (Phi) is 3.11. The number of fused-ring (bicyclic) bond motifs is 1. The standard InChI is InChI=1S/C12H17NO2/c1-9-4-5-10(3-2-6-13)12-11(9)14-7-8-15-12/h4-5H,2-3,6-8,13H2,1H3. The predicted octanol–water partition coefficient (Wildman–Crippen LogP) is 1.66. The van der Waals surface area contributed by atoms with Crippen molar-refractivity contribution in [3.63, 3.8) is 0 Å². The van der Waals surface area contributed by atoms with E-state index in [2.05, 4.69) is 12.1 Å². The molecule has 3 nitrogen and oxygen atoms in total. The lowest BCUT2D eigenvalue weighted by Crippen LogP contribution is -2.17. The molecule has 0 saturated carbocycles. The van der Waals surface area contributed by atoms with Crippen LogP contribution in [0.4, 0.5) is 0 Å². The molecule has 0 aromatic heterocycles. The fourth-order valence-corrected chi connectivity index (χ4v) is 1.82. The van der Waals surface area contributed by atoms with Crippen molar-refractivity contribution < 1.29 is 9.47 Å². The Labute approximate surface area is 90.2 Å². The summed E-state index contributed by atoms with van der Waals surface area (Å²) >= 11 is 0. The first-order valence-corrected chi connectivity index (χ1v) is 5.41. The van der Waals surface area contributed by atoms with E-state index in [0.717, 1.165) is 29.9 Å². The third kappa shape index (κ3) is 2.07. The minimum absolute atomic E-state index is 0.645. The highest BCUT2D eigenvalue weighted by Crippen LogP contribution is 2.37. The Morgan fingerprint density at radius 1 is 1.20 bits per heavy atom. The van der Waals surface area contributed by atoms with Crippen LogP contribution in [0.5, 0.6) is 11.5 Å². The number of rotatable bonds is 3. The van der Waals surface area contributed by atoms with Crippen LogP contribution in [0, 0.1) is 6.92 Å². The third-order valence-electron chi connectivity index (χ3n) is 2.62. The minimum Gasteiger partial charge on any atom is -0.486 e. The summed E-state index contributed by atoms with van der Waals surface area (Å²) in [5.74, 6) is 1.84. The lowest BCUT2D eigenvalue weighted by molar-refractivity contribution is 0.168. The minimum atomic E-state index is 0.645. The van der Waals surface area contributed by atoms with E-state index < -0.39 is 0 Å². The maximum Gasteiger partial charge on any atom is 0.164 e. The van der Waals surface area contributed by atoms with Crippen molar-refractivity contribution in [3.05, 3.63) is 23.3 Å². The summed E-state index contributed by atoms with van der Waals surface area (Å²) in [5.41, 5.74) is 7.86. The highest BCUT2D eigenvalue weighted by Gasteiger charge is 2.17. The molecule has 0 spiro atoms. The molecule has 1 heterocycles. The number of hydrogen-bond acceptors (Lipinski definition) is 3. The van der Waals surface area contributed by atoms with Crippen LogP contribution in [0.3, 0.4) is 0 Å². The molecule has 2 N–H and O–H groups in total. The van der Waals surface area contributed by atoms with E-state index in [1.165, 1.54) is 5.56 Å². The van der Waals surface area contributed by atoms with E-state index >= 15 is 0 Å². The van der Waals surface area contributed by atoms with Gasteiger partial charge in [0.05, 0.1) is 0 Å². The molecule has 0 saturated heterocycles. The zero-order chi connectivity index (χ0) is 10.7. The molecule has 3 heteroatoms. The average molecular weight is 207 g/mol. The quantitative estimate of drug-likeness (QED) is 0.819. The van der Waals surface area contributed by atoms with Gasteiger partial charge in [-0.15, -0.1) is 0 Å². The highest BCUT2D eigenvalue weighted by atomic mass is 16.6. The van der Waals surface area contributed by atoms with Gasteiger partial charge >= 0.3 is 0 Å². The van der Waals surface area contributed by atoms with Crippen LogP contribution in [-0.2, 0) is 6.42 Å². The van der Waals surface area contributed by atoms with Gasteiger partial charge in [0.1, 0.15) is 13.2 Å². The maximum absolute atomic E-state index is 5.67. The van der Waals surface area contributed by atoms with Gasteiger partial charge in [0, 0.05) is 0 Å². The molecule has 0 amide bonds. The smallest absolute Gasteiger partial charge is 0.164 e. The molecule has 1 aliphatic rings. The SMILES string of the molecule is Cc1ccc(CCCN)c2c1OCCO2. The second kappa shape index (κ2) is 4.53. The third-order valence-corrected chi connectivity index (χ3v) is 2.62. The second-order valence-electron chi connectivity index (χ2n) is 3.79. The van der Waals surface area contributed by atoms with Gasteiger partial charge < -0.3 is 15.2 Å². The molecule has 0 bridgehead atoms. The zero-order valence-corrected chi connectivity index (χ0v) is 9.08. The van der Waals surface area contributed by atoms with Crippen molar-refractivity contribution >= 4 is 0 Å². The molecule has 1 aromatic carbocycles. The number of nitrogens with two attached hydrogens (primary N) is 1. The highest BCUT2D eigenvalue weighted by molar-refractivity contribution is 5.52. The Morgan fingerprint density at radius 2 is 1.93 bits per heavy atom. The van der Waals surface area contributed by atoms with Crippen molar-refractivity contribution in [2.45, 2.75) is 19.8 Å². The first kappa shape index (κ1) is 10.3. The lowest BCUT2D eigenvalue weighted by atomic mass is 10.0. The summed E-state index contributed by atoms with van der Waals surface area (Å²) in [5, 5.41) is 0. The van der Waals surface area contributed by atoms with Crippen molar-refractivity contribution in [2.75, 3.05) is 19.8 Å². The van der Waals surface area contributed by atoms with Gasteiger partial charge in [0.2, 0.25) is 0 Å². The van der Waals surface area contributed by atoms with Crippen LogP contribution in [0.25, 0.3) is 0 Å². The summed E-state index contributed by atoms with van der Waals surface area (Å²) in [4.78, 5) is 0. The Balaban J connectivity index is 2.30. The Morgan fingerprint density at radius 3 is 2.67 bits per heavy atom. The molecule has 0 unspecified atom stereocenters. The number of aryl methyl sites for hydroxylation is 2. The average Bonchev–Trinajstić information content (AvgIpc) is 2.29. The molecular weight excluding hydrogens is 190 g/mol. The van der Waals surface area contributed by atoms with Crippen LogP contribution >= 0.6 is 0 Å². The monoisotopic (exact) mass is 207 g/mol. The zero-order valence-electron chi connectivity index (χ0n) is 9.08. The van der Waals surface area contributed by atoms with Crippen LogP contribution in [0.15, 0.2) is 12.1 Å². The summed E-state index contributed by atoms with van der Waals surface area (Å²) in [6.45, 7) is 4.05. The Hall–Kier alpha value is -1.22. The first-order valence-electron chi connectivity index (χ1n) is 5.41. The van der Waals surface area contributed by atoms with Gasteiger partial charge in [0.15, 0.2) is 11.5 Å². The van der Waals surface area contributed by atoms with Crippen molar-refractivity contribution in [1.29, 1.82) is 0 Å². The van der Waals surface area contributed by atoms with Crippen LogP contribution in [-0.4, -0.2) is 19.8 Å². The summed E-state index contributed by atoms with van der Waals surface area (Å²) < 4.78 is 11.3. The van der Waals surface area contributed by atoms with E-state index in [4.69, 9.17) is 15.2 Å². The number of benzene rings is 1. The van der Waals surface area contributed by atoms with Crippen LogP contribution < -0.4 is 15.2 Å². The van der Waals surface area contributed by atoms with Gasteiger partial charge in [-0.1, -0.05) is 12.1 Å². The summed E-state index contributed by atoms with van der Waals surface area (Å²) in [6.07, 6.45) is 1.95. The van der Waals surface area contributed by atoms with Gasteiger partial charge in [-0.2, -0.15) is 0 Å². The van der Waals surface area contributed by atoms with Gasteiger partial charge in [0.25, 0.3) is 0 Å². The number of hydrogen-bond donors (Lipinski definition) is 1. The first-order chi connectivity index (χ1) is 7.33. The normalized spacial score (nSPS) is 14.0. The second-order valence-corrected chi connectivity index (χ2v) is 3.79. The van der Waals surface area contributed by atoms with Gasteiger partial charge in [-0.05, 0) is 37.4 Å². The van der Waals surface area contributed by atoms with Gasteiger partial charge in [-0.3, -0.25) is 0 Å². The molecule has 82 valence electrons. The van der Waals surface area contributed by atoms with Crippen molar-refractivity contribution in [3.8, 4) is 11.5 Å². The van der Waals surface area contributed by atoms with Crippen LogP contribution in [0.1, 0.15) is 17.5 Å². The molecule has 0 fully saturated rings. The van der Waals surface area contributed by atoms with Crippen molar-refractivity contribution in [2.24, 2.45) is 5.73 Å². The molecule has 15 heavy (non-hydrogen) atoms. The van der Waals surface area contributed by atoms with Gasteiger partial charge in [-0.25, -0.2) is 0 Å². The summed E-state index contributed by atoms with van der Waals surface area (Å²) in [6, 6.07) is 4.19. The molecule has 1 aliphatic heterocycles. The molecule has 0 aliphatic carbocycles. The Bertz CT molecular complexity index is 350. The molecular formula is C12H17NO2. The fraction of sp³-hybridized carbons (Fsp3) is 0.500. The largest absolute Gasteiger partial charge is 0.486 e. The maximum atomic E-state index is 5.67. The fourth-order valence-electron chi connectivity index (χ4n) is 1.82. The van der Waals surface area contributed by atoms with E-state index in [1.807, 2.05) is 6.92 Å². The molecule has 2 rings (SSSR count). The van der Waals surface area contributed by atoms with E-state index in [1.54, 1.807) is 0 Å². The topological polar surface area (TPSA) is 44.5 Å². The molecule has 0 atom stereocenters. The number of ether oxygens (including phenoxy) is 2. The predicted molar refractivity (Wildman–Crippen MR) is 59.5 cm³/mol. The van der Waals surface area contributed by atoms with E-state index in [0.29, 0.717) is 19.8 Å². The summed E-state index contributed by atoms with van der Waals surface area (Å²) in [7, 11) is 0. The van der Waals surface area contributed by atoms with Crippen LogP contribution in [0.2, 0.25) is 0 Å². The molecule has 0 radical (unpaired) electrons. The van der Waals surface area contributed by atoms with E-state index in [9.17, 15) is 0 Å². The van der Waals surface area contributed by atoms with Crippen molar-refractivity contribution in [1.82, 2.24) is 0 Å².